The molecule has 0 bridgehead atoms. The molecule has 9 heavy (non-hydrogen) atoms. The summed E-state index contributed by atoms with van der Waals surface area (Å²) in [5.74, 6) is 0. The summed E-state index contributed by atoms with van der Waals surface area (Å²) in [7, 11) is 0. The maximum atomic E-state index is 8.69. The van der Waals surface area contributed by atoms with E-state index in [9.17, 15) is 0 Å². The Bertz CT molecular complexity index is 73.5. The number of hydrogen-bond donors (Lipinski definition) is 2. The van der Waals surface area contributed by atoms with Crippen molar-refractivity contribution in [1.29, 1.82) is 0 Å². The summed E-state index contributed by atoms with van der Waals surface area (Å²) in [6.45, 7) is 2.31. The Morgan fingerprint density at radius 1 is 1.56 bits per heavy atom. The Morgan fingerprint density at radius 2 is 2.11 bits per heavy atom. The van der Waals surface area contributed by atoms with Gasteiger partial charge in [-0.15, -0.1) is 12.4 Å². The van der Waals surface area contributed by atoms with Crippen molar-refractivity contribution in [3.8, 4) is 0 Å². The van der Waals surface area contributed by atoms with Crippen LogP contribution in [0.3, 0.4) is 0 Å². The van der Waals surface area contributed by atoms with Crippen molar-refractivity contribution in [3.05, 3.63) is 12.2 Å². The Morgan fingerprint density at radius 3 is 2.44 bits per heavy atom. The molecule has 2 nitrogen and oxygen atoms in total. The zero-order chi connectivity index (χ0) is 6.41. The van der Waals surface area contributed by atoms with Gasteiger partial charge >= 0.3 is 0 Å². The molecule has 0 saturated heterocycles. The van der Waals surface area contributed by atoms with Gasteiger partial charge in [0.1, 0.15) is 0 Å². The van der Waals surface area contributed by atoms with Gasteiger partial charge in [0.25, 0.3) is 0 Å². The molecule has 0 amide bonds. The maximum Gasteiger partial charge on any atom is 0.0546 e. The van der Waals surface area contributed by atoms with E-state index in [1.54, 1.807) is 6.92 Å². The van der Waals surface area contributed by atoms with Gasteiger partial charge in [0.15, 0.2) is 0 Å². The zero-order valence-corrected chi connectivity index (χ0v) is 6.40. The van der Waals surface area contributed by atoms with E-state index in [0.29, 0.717) is 13.0 Å². The van der Waals surface area contributed by atoms with Gasteiger partial charge < -0.3 is 10.8 Å². The van der Waals surface area contributed by atoms with Gasteiger partial charge in [0, 0.05) is 6.54 Å². The van der Waals surface area contributed by atoms with Crippen LogP contribution in [0.4, 0.5) is 0 Å². The zero-order valence-electron chi connectivity index (χ0n) is 5.58. The second-order valence-electron chi connectivity index (χ2n) is 1.79. The summed E-state index contributed by atoms with van der Waals surface area (Å²) in [5, 5.41) is 8.69. The van der Waals surface area contributed by atoms with Crippen LogP contribution >= 0.6 is 12.4 Å². The molecule has 1 atom stereocenters. The van der Waals surface area contributed by atoms with Crippen LogP contribution < -0.4 is 5.73 Å². The van der Waals surface area contributed by atoms with Crippen molar-refractivity contribution in [2.45, 2.75) is 19.4 Å². The summed E-state index contributed by atoms with van der Waals surface area (Å²) >= 11 is 0. The van der Waals surface area contributed by atoms with Gasteiger partial charge in [-0.05, 0) is 13.3 Å². The van der Waals surface area contributed by atoms with E-state index in [4.69, 9.17) is 10.8 Å². The number of aliphatic hydroxyl groups is 1. The number of nitrogens with two attached hydrogens (primary N) is 1. The third-order valence-corrected chi connectivity index (χ3v) is 0.780. The lowest BCUT2D eigenvalue weighted by Gasteiger charge is -1.94. The molecule has 3 N–H and O–H groups in total. The van der Waals surface area contributed by atoms with Crippen LogP contribution in [0, 0.1) is 0 Å². The second-order valence-corrected chi connectivity index (χ2v) is 1.79. The average molecular weight is 152 g/mol. The number of halogens is 1. The third-order valence-electron chi connectivity index (χ3n) is 0.780. The molecule has 1 unspecified atom stereocenters. The summed E-state index contributed by atoms with van der Waals surface area (Å²) in [6, 6.07) is 0. The van der Waals surface area contributed by atoms with Gasteiger partial charge in [-0.2, -0.15) is 0 Å². The van der Waals surface area contributed by atoms with Gasteiger partial charge in [0.05, 0.1) is 6.10 Å². The fourth-order valence-corrected chi connectivity index (χ4v) is 0.389. The van der Waals surface area contributed by atoms with E-state index in [0.717, 1.165) is 0 Å². The highest BCUT2D eigenvalue weighted by atomic mass is 35.5. The standard InChI is InChI=1S/C6H13NO.ClH/c1-6(8)4-2-3-5-7;/h2-3,6,8H,4-5,7H2,1H3;1H. The van der Waals surface area contributed by atoms with E-state index in [1.807, 2.05) is 12.2 Å². The lowest BCUT2D eigenvalue weighted by atomic mass is 10.3. The first-order valence-electron chi connectivity index (χ1n) is 2.80. The van der Waals surface area contributed by atoms with Crippen LogP contribution in [-0.4, -0.2) is 17.8 Å². The highest BCUT2D eigenvalue weighted by Crippen LogP contribution is 1.88. The predicted octanol–water partition coefficient (Wildman–Crippen LogP) is 0.694. The molecule has 0 aromatic heterocycles. The minimum absolute atomic E-state index is 0. The summed E-state index contributed by atoms with van der Waals surface area (Å²) in [4.78, 5) is 0. The largest absolute Gasteiger partial charge is 0.393 e. The molecular formula is C6H14ClNO. The molecular weight excluding hydrogens is 138 g/mol. The van der Waals surface area contributed by atoms with Gasteiger partial charge in [-0.3, -0.25) is 0 Å². The first-order chi connectivity index (χ1) is 3.77. The molecule has 0 aliphatic rings. The fourth-order valence-electron chi connectivity index (χ4n) is 0.389. The summed E-state index contributed by atoms with van der Waals surface area (Å²) < 4.78 is 0. The first-order valence-corrected chi connectivity index (χ1v) is 2.80. The highest BCUT2D eigenvalue weighted by Gasteiger charge is 1.86. The molecule has 0 spiro atoms. The van der Waals surface area contributed by atoms with Crippen LogP contribution in [0.25, 0.3) is 0 Å². The van der Waals surface area contributed by atoms with Crippen LogP contribution in [-0.2, 0) is 0 Å². The van der Waals surface area contributed by atoms with E-state index < -0.39 is 0 Å². The van der Waals surface area contributed by atoms with Crippen molar-refractivity contribution in [2.24, 2.45) is 5.73 Å². The number of hydrogen-bond acceptors (Lipinski definition) is 2. The van der Waals surface area contributed by atoms with E-state index >= 15 is 0 Å². The molecule has 0 aliphatic heterocycles. The lowest BCUT2D eigenvalue weighted by molar-refractivity contribution is 0.198. The molecule has 0 aliphatic carbocycles. The van der Waals surface area contributed by atoms with Crippen molar-refractivity contribution in [1.82, 2.24) is 0 Å². The maximum absolute atomic E-state index is 8.69. The normalized spacial score (nSPS) is 13.2. The Kier molecular flexibility index (Phi) is 10.3. The number of aliphatic hydroxyl groups excluding tert-OH is 1. The molecule has 0 rings (SSSR count). The van der Waals surface area contributed by atoms with E-state index in [2.05, 4.69) is 0 Å². The van der Waals surface area contributed by atoms with Gasteiger partial charge in [-0.1, -0.05) is 12.2 Å². The van der Waals surface area contributed by atoms with Gasteiger partial charge in [-0.25, -0.2) is 0 Å². The highest BCUT2D eigenvalue weighted by molar-refractivity contribution is 5.85. The third kappa shape index (κ3) is 11.5. The monoisotopic (exact) mass is 151 g/mol. The summed E-state index contributed by atoms with van der Waals surface area (Å²) in [6.07, 6.45) is 4.19. The minimum atomic E-state index is -0.238. The first kappa shape index (κ1) is 11.7. The molecule has 0 saturated carbocycles. The van der Waals surface area contributed by atoms with Gasteiger partial charge in [0.2, 0.25) is 0 Å². The minimum Gasteiger partial charge on any atom is -0.393 e. The molecule has 3 heteroatoms. The predicted molar refractivity (Wildman–Crippen MR) is 41.7 cm³/mol. The molecule has 0 aromatic carbocycles. The van der Waals surface area contributed by atoms with Crippen LogP contribution in [0.1, 0.15) is 13.3 Å². The Balaban J connectivity index is 0. The van der Waals surface area contributed by atoms with Crippen LogP contribution in [0.2, 0.25) is 0 Å². The molecule has 0 radical (unpaired) electrons. The molecule has 0 heterocycles. The lowest BCUT2D eigenvalue weighted by Crippen LogP contribution is -1.97. The fraction of sp³-hybridized carbons (Fsp3) is 0.667. The van der Waals surface area contributed by atoms with Crippen LogP contribution in [0.5, 0.6) is 0 Å². The SMILES string of the molecule is CC(O)CC=CCN.Cl. The molecule has 0 aromatic rings. The van der Waals surface area contributed by atoms with Crippen molar-refractivity contribution in [3.63, 3.8) is 0 Å². The number of rotatable bonds is 3. The van der Waals surface area contributed by atoms with E-state index in [-0.39, 0.29) is 18.5 Å². The van der Waals surface area contributed by atoms with Crippen molar-refractivity contribution < 1.29 is 5.11 Å². The molecule has 0 fully saturated rings. The molecule has 56 valence electrons. The smallest absolute Gasteiger partial charge is 0.0546 e. The van der Waals surface area contributed by atoms with Crippen molar-refractivity contribution >= 4 is 12.4 Å². The second kappa shape index (κ2) is 7.95. The van der Waals surface area contributed by atoms with Crippen molar-refractivity contribution in [2.75, 3.05) is 6.54 Å². The summed E-state index contributed by atoms with van der Waals surface area (Å²) in [5.41, 5.74) is 5.15. The van der Waals surface area contributed by atoms with E-state index in [1.165, 1.54) is 0 Å². The Hall–Kier alpha value is -0.0500. The Labute approximate surface area is 62.2 Å². The quantitative estimate of drug-likeness (QED) is 0.584. The average Bonchev–Trinajstić information content (AvgIpc) is 1.66. The topological polar surface area (TPSA) is 46.2 Å². The van der Waals surface area contributed by atoms with Crippen LogP contribution in [0.15, 0.2) is 12.2 Å².